The lowest BCUT2D eigenvalue weighted by Crippen LogP contribution is -2.37. The monoisotopic (exact) mass is 687 g/mol. The highest BCUT2D eigenvalue weighted by atomic mass is 19.4. The number of alkyl halides is 6. The number of halogens is 6. The molecule has 15 heteroatoms. The Morgan fingerprint density at radius 2 is 1.57 bits per heavy atom. The molecule has 0 bridgehead atoms. The number of aliphatic carboxylic acids is 1. The number of aliphatic hydroxyl groups is 1. The molecule has 49 heavy (non-hydrogen) atoms. The van der Waals surface area contributed by atoms with Crippen LogP contribution in [0.15, 0.2) is 77.8 Å². The highest BCUT2D eigenvalue weighted by molar-refractivity contribution is 6.05. The van der Waals surface area contributed by atoms with Gasteiger partial charge in [0.1, 0.15) is 6.54 Å². The Hall–Kier alpha value is -5.36. The van der Waals surface area contributed by atoms with Gasteiger partial charge in [-0.15, -0.1) is 0 Å². The Morgan fingerprint density at radius 3 is 2.10 bits per heavy atom. The van der Waals surface area contributed by atoms with Crippen molar-refractivity contribution in [2.45, 2.75) is 50.7 Å². The number of hydrogen-bond acceptors (Lipinski definition) is 5. The summed E-state index contributed by atoms with van der Waals surface area (Å²) < 4.78 is 81.8. The van der Waals surface area contributed by atoms with Gasteiger partial charge in [-0.25, -0.2) is 9.79 Å². The first kappa shape index (κ1) is 36.5. The van der Waals surface area contributed by atoms with E-state index >= 15 is 0 Å². The summed E-state index contributed by atoms with van der Waals surface area (Å²) in [7, 11) is 0. The average molecular weight is 688 g/mol. The minimum absolute atomic E-state index is 0.00773. The zero-order valence-electron chi connectivity index (χ0n) is 25.8. The maximum Gasteiger partial charge on any atom is 0.416 e. The van der Waals surface area contributed by atoms with Gasteiger partial charge < -0.3 is 25.7 Å². The maximum absolute atomic E-state index is 13.6. The van der Waals surface area contributed by atoms with Crippen LogP contribution in [0.2, 0.25) is 0 Å². The number of nitrogens with one attached hydrogen (secondary N) is 2. The largest absolute Gasteiger partial charge is 0.479 e. The number of rotatable bonds is 10. The molecule has 0 fully saturated rings. The number of carboxylic acid groups (broad SMARTS) is 1. The minimum Gasteiger partial charge on any atom is -0.479 e. The van der Waals surface area contributed by atoms with Gasteiger partial charge in [0.15, 0.2) is 6.10 Å². The third-order valence-corrected chi connectivity index (χ3v) is 7.54. The number of allylic oxidation sites excluding steroid dienone is 2. The van der Waals surface area contributed by atoms with Crippen LogP contribution in [0.25, 0.3) is 5.57 Å². The second kappa shape index (κ2) is 15.7. The lowest BCUT2D eigenvalue weighted by atomic mass is 9.93. The molecule has 4 rings (SSSR count). The second-order valence-electron chi connectivity index (χ2n) is 11.1. The van der Waals surface area contributed by atoms with Gasteiger partial charge in [0.2, 0.25) is 5.96 Å². The van der Waals surface area contributed by atoms with E-state index in [-0.39, 0.29) is 24.1 Å². The maximum atomic E-state index is 13.6. The number of carboxylic acids is 1. The van der Waals surface area contributed by atoms with Crippen molar-refractivity contribution in [2.75, 3.05) is 23.3 Å². The molecule has 1 atom stereocenters. The topological polar surface area (TPSA) is 138 Å². The van der Waals surface area contributed by atoms with Crippen LogP contribution in [0.1, 0.15) is 58.3 Å². The standard InChI is InChI=1S/C34H31F6N5O4/c35-33(36,37)25-16-26(34(38,39)40)18-27(17-25)44-32(42-15-14-41)45(28-12-10-23(11-13-28)22-4-2-1-3-5-22)20-21-6-8-24(9-7-21)30(47)43-19-29(46)31(48)49/h4,6-13,16-18,29,46H,1-3,5,15,19-20H2,(H,42,44)(H,43,47)(H,48,49)/t29-/m1/s1. The summed E-state index contributed by atoms with van der Waals surface area (Å²) in [6.07, 6.45) is -5.93. The zero-order chi connectivity index (χ0) is 35.8. The van der Waals surface area contributed by atoms with E-state index < -0.39 is 60.2 Å². The van der Waals surface area contributed by atoms with Crippen LogP contribution in [0.4, 0.5) is 37.7 Å². The average Bonchev–Trinajstić information content (AvgIpc) is 3.07. The molecule has 0 radical (unpaired) electrons. The van der Waals surface area contributed by atoms with Gasteiger partial charge >= 0.3 is 18.3 Å². The Morgan fingerprint density at radius 1 is 0.939 bits per heavy atom. The molecule has 3 aromatic rings. The molecule has 0 heterocycles. The number of aliphatic hydroxyl groups excluding tert-OH is 1. The SMILES string of the molecule is N#CCN=C(Nc1cc(C(F)(F)F)cc(C(F)(F)F)c1)N(Cc1ccc(C(=O)NC[C@@H](O)C(=O)O)cc1)c1ccc(C2=CCCCC2)cc1. The van der Waals surface area contributed by atoms with Crippen LogP contribution in [-0.2, 0) is 23.7 Å². The highest BCUT2D eigenvalue weighted by Gasteiger charge is 2.37. The van der Waals surface area contributed by atoms with Gasteiger partial charge in [-0.1, -0.05) is 30.3 Å². The molecule has 0 saturated carbocycles. The summed E-state index contributed by atoms with van der Waals surface area (Å²) in [4.78, 5) is 28.9. The fourth-order valence-electron chi connectivity index (χ4n) is 5.03. The van der Waals surface area contributed by atoms with Gasteiger partial charge in [0.05, 0.1) is 30.3 Å². The van der Waals surface area contributed by atoms with Crippen LogP contribution in [0, 0.1) is 11.3 Å². The molecule has 3 aromatic carbocycles. The fourth-order valence-corrected chi connectivity index (χ4v) is 5.03. The number of guanidine groups is 1. The predicted molar refractivity (Wildman–Crippen MR) is 169 cm³/mol. The molecule has 258 valence electrons. The van der Waals surface area contributed by atoms with Gasteiger partial charge in [-0.2, -0.15) is 31.6 Å². The highest BCUT2D eigenvalue weighted by Crippen LogP contribution is 2.38. The number of benzene rings is 3. The fraction of sp³-hybridized carbons (Fsp3) is 0.294. The van der Waals surface area contributed by atoms with E-state index in [2.05, 4.69) is 21.7 Å². The summed E-state index contributed by atoms with van der Waals surface area (Å²) in [5, 5.41) is 32.4. The van der Waals surface area contributed by atoms with Crippen molar-refractivity contribution in [1.29, 1.82) is 5.26 Å². The van der Waals surface area contributed by atoms with E-state index in [0.29, 0.717) is 23.4 Å². The molecular weight excluding hydrogens is 656 g/mol. The van der Waals surface area contributed by atoms with Crippen molar-refractivity contribution in [3.05, 3.63) is 101 Å². The van der Waals surface area contributed by atoms with E-state index in [9.17, 15) is 46.3 Å². The molecule has 9 nitrogen and oxygen atoms in total. The number of amides is 1. The van der Waals surface area contributed by atoms with Crippen molar-refractivity contribution in [3.8, 4) is 6.07 Å². The number of nitrogens with zero attached hydrogens (tertiary/aromatic N) is 3. The van der Waals surface area contributed by atoms with E-state index in [4.69, 9.17) is 5.11 Å². The summed E-state index contributed by atoms with van der Waals surface area (Å²) in [5.41, 5.74) is -0.458. The Labute approximate surface area is 277 Å². The molecular formula is C34H31F6N5O4. The van der Waals surface area contributed by atoms with Crippen LogP contribution in [-0.4, -0.2) is 47.2 Å². The van der Waals surface area contributed by atoms with Crippen LogP contribution in [0.5, 0.6) is 0 Å². The predicted octanol–water partition coefficient (Wildman–Crippen LogP) is 6.86. The summed E-state index contributed by atoms with van der Waals surface area (Å²) in [5.74, 6) is -2.40. The molecule has 4 N–H and O–H groups in total. The van der Waals surface area contributed by atoms with E-state index in [1.54, 1.807) is 18.2 Å². The second-order valence-corrected chi connectivity index (χ2v) is 11.1. The molecule has 0 aromatic heterocycles. The van der Waals surface area contributed by atoms with E-state index in [1.807, 2.05) is 12.1 Å². The van der Waals surface area contributed by atoms with Crippen molar-refractivity contribution < 1.29 is 46.1 Å². The third-order valence-electron chi connectivity index (χ3n) is 7.54. The Bertz CT molecular complexity index is 1710. The smallest absolute Gasteiger partial charge is 0.416 e. The van der Waals surface area contributed by atoms with Gasteiger partial charge in [-0.3, -0.25) is 4.79 Å². The molecule has 1 aliphatic rings. The number of aliphatic imine (C=N–C) groups is 1. The molecule has 0 unspecified atom stereocenters. The lowest BCUT2D eigenvalue weighted by Gasteiger charge is -2.28. The molecule has 0 saturated heterocycles. The molecule has 0 aliphatic heterocycles. The number of hydrogen-bond donors (Lipinski definition) is 4. The lowest BCUT2D eigenvalue weighted by molar-refractivity contribution is -0.146. The summed E-state index contributed by atoms with van der Waals surface area (Å²) >= 11 is 0. The first-order valence-corrected chi connectivity index (χ1v) is 15.0. The quantitative estimate of drug-likeness (QED) is 0.0792. The summed E-state index contributed by atoms with van der Waals surface area (Å²) in [6.45, 7) is -1.09. The minimum atomic E-state index is -5.09. The van der Waals surface area contributed by atoms with Crippen molar-refractivity contribution in [3.63, 3.8) is 0 Å². The number of carbonyl (C=O) groups excluding carboxylic acids is 1. The first-order chi connectivity index (χ1) is 23.2. The third kappa shape index (κ3) is 10.1. The zero-order valence-corrected chi connectivity index (χ0v) is 25.8. The van der Waals surface area contributed by atoms with Crippen LogP contribution >= 0.6 is 0 Å². The number of anilines is 2. The molecule has 1 aliphatic carbocycles. The van der Waals surface area contributed by atoms with Gasteiger partial charge in [0, 0.05) is 16.9 Å². The van der Waals surface area contributed by atoms with Crippen molar-refractivity contribution >= 4 is 34.8 Å². The van der Waals surface area contributed by atoms with Crippen molar-refractivity contribution in [1.82, 2.24) is 5.32 Å². The Balaban J connectivity index is 1.72. The molecule has 1 amide bonds. The molecule has 0 spiro atoms. The first-order valence-electron chi connectivity index (χ1n) is 15.0. The normalized spacial score (nSPS) is 14.3. The number of carbonyl (C=O) groups is 2. The van der Waals surface area contributed by atoms with E-state index in [0.717, 1.165) is 36.8 Å². The van der Waals surface area contributed by atoms with Crippen molar-refractivity contribution in [2.24, 2.45) is 4.99 Å². The van der Waals surface area contributed by atoms with Gasteiger partial charge in [-0.05, 0) is 84.8 Å². The van der Waals surface area contributed by atoms with Crippen LogP contribution in [0.3, 0.4) is 0 Å². The number of nitriles is 1. The van der Waals surface area contributed by atoms with Crippen LogP contribution < -0.4 is 15.5 Å². The van der Waals surface area contributed by atoms with Gasteiger partial charge in [0.25, 0.3) is 5.91 Å². The van der Waals surface area contributed by atoms with E-state index in [1.165, 1.54) is 29.2 Å². The summed E-state index contributed by atoms with van der Waals surface area (Å²) in [6, 6.07) is 15.9. The Kier molecular flexibility index (Phi) is 11.7.